The van der Waals surface area contributed by atoms with E-state index in [2.05, 4.69) is 14.7 Å². The smallest absolute Gasteiger partial charge is 0.356 e. The highest BCUT2D eigenvalue weighted by Gasteiger charge is 2.12. The molecule has 1 heterocycles. The van der Waals surface area contributed by atoms with E-state index in [0.29, 0.717) is 11.5 Å². The molecule has 0 aliphatic rings. The van der Waals surface area contributed by atoms with E-state index >= 15 is 0 Å². The number of nitrogens with two attached hydrogens (primary N) is 1. The van der Waals surface area contributed by atoms with Crippen LogP contribution in [0.4, 0.5) is 0 Å². The number of carbonyl (C=O) groups is 1. The molecule has 0 saturated carbocycles. The summed E-state index contributed by atoms with van der Waals surface area (Å²) in [6.45, 7) is 1.95. The van der Waals surface area contributed by atoms with Crippen LogP contribution in [0.25, 0.3) is 0 Å². The van der Waals surface area contributed by atoms with E-state index in [9.17, 15) is 4.79 Å². The Morgan fingerprint density at radius 3 is 3.08 bits per heavy atom. The number of nitrogens with one attached hydrogen (secondary N) is 1. The second kappa shape index (κ2) is 4.04. The molecule has 0 spiro atoms. The average molecular weight is 183 g/mol. The zero-order chi connectivity index (χ0) is 9.84. The number of hydrogen-bond donors (Lipinski definition) is 2. The zero-order valence-electron chi connectivity index (χ0n) is 7.70. The van der Waals surface area contributed by atoms with Gasteiger partial charge in [-0.15, -0.1) is 0 Å². The minimum atomic E-state index is -0.429. The lowest BCUT2D eigenvalue weighted by atomic mass is 10.2. The number of hydrogen-bond acceptors (Lipinski definition) is 4. The van der Waals surface area contributed by atoms with Crippen LogP contribution in [0, 0.1) is 0 Å². The van der Waals surface area contributed by atoms with Crippen molar-refractivity contribution in [3.63, 3.8) is 0 Å². The monoisotopic (exact) mass is 183 g/mol. The number of H-pyrrole nitrogens is 1. The number of methoxy groups -OCH3 is 1. The van der Waals surface area contributed by atoms with Gasteiger partial charge < -0.3 is 15.5 Å². The molecule has 1 aromatic heterocycles. The first-order chi connectivity index (χ1) is 6.19. The molecule has 0 fully saturated rings. The van der Waals surface area contributed by atoms with Gasteiger partial charge >= 0.3 is 5.97 Å². The van der Waals surface area contributed by atoms with Gasteiger partial charge in [-0.1, -0.05) is 6.92 Å². The highest BCUT2D eigenvalue weighted by Crippen LogP contribution is 2.09. The van der Waals surface area contributed by atoms with Crippen LogP contribution in [-0.4, -0.2) is 23.0 Å². The van der Waals surface area contributed by atoms with Crippen LogP contribution in [0.1, 0.15) is 35.7 Å². The Morgan fingerprint density at radius 2 is 2.54 bits per heavy atom. The largest absolute Gasteiger partial charge is 0.464 e. The third-order valence-corrected chi connectivity index (χ3v) is 1.79. The van der Waals surface area contributed by atoms with Gasteiger partial charge in [-0.25, -0.2) is 9.78 Å². The SMILES string of the molecule is CCC(N)c1ncc(C(=O)OC)[nH]1. The number of aromatic nitrogens is 2. The highest BCUT2D eigenvalue weighted by atomic mass is 16.5. The van der Waals surface area contributed by atoms with Gasteiger partial charge in [-0.3, -0.25) is 0 Å². The van der Waals surface area contributed by atoms with Gasteiger partial charge in [0, 0.05) is 0 Å². The van der Waals surface area contributed by atoms with Gasteiger partial charge in [-0.2, -0.15) is 0 Å². The summed E-state index contributed by atoms with van der Waals surface area (Å²) in [7, 11) is 1.32. The minimum absolute atomic E-state index is 0.154. The number of ether oxygens (including phenoxy) is 1. The van der Waals surface area contributed by atoms with Crippen molar-refractivity contribution in [1.29, 1.82) is 0 Å². The fourth-order valence-corrected chi connectivity index (χ4v) is 0.932. The quantitative estimate of drug-likeness (QED) is 0.672. The van der Waals surface area contributed by atoms with Crippen LogP contribution < -0.4 is 5.73 Å². The summed E-state index contributed by atoms with van der Waals surface area (Å²) in [5.41, 5.74) is 6.04. The van der Waals surface area contributed by atoms with Crippen LogP contribution in [0.5, 0.6) is 0 Å². The van der Waals surface area contributed by atoms with Crippen molar-refractivity contribution in [2.75, 3.05) is 7.11 Å². The fraction of sp³-hybridized carbons (Fsp3) is 0.500. The molecule has 1 unspecified atom stereocenters. The van der Waals surface area contributed by atoms with Gasteiger partial charge in [0.05, 0.1) is 19.3 Å². The maximum atomic E-state index is 11.0. The maximum Gasteiger partial charge on any atom is 0.356 e. The molecular weight excluding hydrogens is 170 g/mol. The van der Waals surface area contributed by atoms with Crippen molar-refractivity contribution < 1.29 is 9.53 Å². The number of aromatic amines is 1. The topological polar surface area (TPSA) is 81.0 Å². The molecule has 1 aromatic rings. The summed E-state index contributed by atoms with van der Waals surface area (Å²) >= 11 is 0. The summed E-state index contributed by atoms with van der Waals surface area (Å²) < 4.78 is 4.51. The van der Waals surface area contributed by atoms with E-state index in [1.165, 1.54) is 13.3 Å². The molecule has 3 N–H and O–H groups in total. The second-order valence-electron chi connectivity index (χ2n) is 2.69. The number of nitrogens with zero attached hydrogens (tertiary/aromatic N) is 1. The maximum absolute atomic E-state index is 11.0. The summed E-state index contributed by atoms with van der Waals surface area (Å²) in [5, 5.41) is 0. The first-order valence-electron chi connectivity index (χ1n) is 4.07. The predicted molar refractivity (Wildman–Crippen MR) is 47.1 cm³/mol. The molecule has 1 atom stereocenters. The Balaban J connectivity index is 2.80. The Kier molecular flexibility index (Phi) is 3.02. The third-order valence-electron chi connectivity index (χ3n) is 1.79. The normalized spacial score (nSPS) is 12.5. The molecule has 0 aromatic carbocycles. The van der Waals surface area contributed by atoms with Crippen molar-refractivity contribution in [2.45, 2.75) is 19.4 Å². The van der Waals surface area contributed by atoms with Gasteiger partial charge in [0.15, 0.2) is 0 Å². The molecule has 13 heavy (non-hydrogen) atoms. The van der Waals surface area contributed by atoms with Crippen LogP contribution in [0.15, 0.2) is 6.20 Å². The molecule has 5 heteroatoms. The van der Waals surface area contributed by atoms with Crippen molar-refractivity contribution in [2.24, 2.45) is 5.73 Å². The Morgan fingerprint density at radius 1 is 1.85 bits per heavy atom. The molecule has 5 nitrogen and oxygen atoms in total. The molecule has 1 rings (SSSR count). The van der Waals surface area contributed by atoms with E-state index in [-0.39, 0.29) is 6.04 Å². The number of carbonyl (C=O) groups excluding carboxylic acids is 1. The predicted octanol–water partition coefficient (Wildman–Crippen LogP) is 0.606. The van der Waals surface area contributed by atoms with Crippen molar-refractivity contribution >= 4 is 5.97 Å². The average Bonchev–Trinajstić information content (AvgIpc) is 2.64. The first-order valence-corrected chi connectivity index (χ1v) is 4.07. The van der Waals surface area contributed by atoms with E-state index in [0.717, 1.165) is 6.42 Å². The van der Waals surface area contributed by atoms with Gasteiger partial charge in [0.2, 0.25) is 0 Å². The lowest BCUT2D eigenvalue weighted by Crippen LogP contribution is -2.11. The molecule has 0 aliphatic heterocycles. The van der Waals surface area contributed by atoms with Crippen LogP contribution >= 0.6 is 0 Å². The lowest BCUT2D eigenvalue weighted by molar-refractivity contribution is 0.0594. The summed E-state index contributed by atoms with van der Waals surface area (Å²) in [6, 6.07) is -0.154. The van der Waals surface area contributed by atoms with Crippen LogP contribution in [0.2, 0.25) is 0 Å². The fourth-order valence-electron chi connectivity index (χ4n) is 0.932. The highest BCUT2D eigenvalue weighted by molar-refractivity contribution is 5.86. The number of imidazole rings is 1. The summed E-state index contributed by atoms with van der Waals surface area (Å²) in [5.74, 6) is 0.185. The van der Waals surface area contributed by atoms with Crippen LogP contribution in [0.3, 0.4) is 0 Å². The van der Waals surface area contributed by atoms with Crippen molar-refractivity contribution in [3.05, 3.63) is 17.7 Å². The van der Waals surface area contributed by atoms with Gasteiger partial charge in [0.25, 0.3) is 0 Å². The first kappa shape index (κ1) is 9.73. The Hall–Kier alpha value is -1.36. The zero-order valence-corrected chi connectivity index (χ0v) is 7.70. The Bertz CT molecular complexity index is 295. The third kappa shape index (κ3) is 2.06. The Labute approximate surface area is 76.3 Å². The van der Waals surface area contributed by atoms with Crippen molar-refractivity contribution in [3.8, 4) is 0 Å². The molecule has 72 valence electrons. The molecule has 0 radical (unpaired) electrons. The molecular formula is C8H13N3O2. The molecule has 0 bridgehead atoms. The second-order valence-corrected chi connectivity index (χ2v) is 2.69. The van der Waals surface area contributed by atoms with Crippen LogP contribution in [-0.2, 0) is 4.74 Å². The van der Waals surface area contributed by atoms with E-state index < -0.39 is 5.97 Å². The van der Waals surface area contributed by atoms with Gasteiger partial charge in [0.1, 0.15) is 11.5 Å². The van der Waals surface area contributed by atoms with Gasteiger partial charge in [-0.05, 0) is 6.42 Å². The molecule has 0 saturated heterocycles. The van der Waals surface area contributed by atoms with E-state index in [1.807, 2.05) is 6.92 Å². The lowest BCUT2D eigenvalue weighted by Gasteiger charge is -2.02. The molecule has 0 amide bonds. The number of esters is 1. The minimum Gasteiger partial charge on any atom is -0.464 e. The standard InChI is InChI=1S/C8H13N3O2/c1-3-5(9)7-10-4-6(11-7)8(12)13-2/h4-5H,3,9H2,1-2H3,(H,10,11). The number of rotatable bonds is 3. The van der Waals surface area contributed by atoms with E-state index in [4.69, 9.17) is 5.73 Å². The van der Waals surface area contributed by atoms with E-state index in [1.54, 1.807) is 0 Å². The summed E-state index contributed by atoms with van der Waals surface area (Å²) in [4.78, 5) is 17.8. The summed E-state index contributed by atoms with van der Waals surface area (Å²) in [6.07, 6.45) is 2.20. The van der Waals surface area contributed by atoms with Crippen molar-refractivity contribution in [1.82, 2.24) is 9.97 Å². The molecule has 0 aliphatic carbocycles.